The van der Waals surface area contributed by atoms with Crippen molar-refractivity contribution in [3.8, 4) is 0 Å². The van der Waals surface area contributed by atoms with E-state index in [9.17, 15) is 14.4 Å². The van der Waals surface area contributed by atoms with Crippen LogP contribution < -0.4 is 10.6 Å². The molecule has 2 N–H and O–H groups in total. The van der Waals surface area contributed by atoms with Gasteiger partial charge < -0.3 is 15.2 Å². The molecule has 1 aromatic heterocycles. The first kappa shape index (κ1) is 24.2. The molecule has 1 heterocycles. The number of Topliss-reactive ketones (excluding diaryl/α,β-unsaturated/α-hetero) is 1. The van der Waals surface area contributed by atoms with E-state index in [1.807, 2.05) is 32.0 Å². The van der Waals surface area contributed by atoms with Crippen LogP contribution in [0, 0.1) is 6.92 Å². The summed E-state index contributed by atoms with van der Waals surface area (Å²) in [4.78, 5) is 36.8. The van der Waals surface area contributed by atoms with E-state index in [4.69, 9.17) is 0 Å². The van der Waals surface area contributed by atoms with Crippen LogP contribution >= 0.6 is 11.8 Å². The third kappa shape index (κ3) is 6.29. The van der Waals surface area contributed by atoms with Crippen LogP contribution in [0.25, 0.3) is 0 Å². The van der Waals surface area contributed by atoms with Crippen LogP contribution in [-0.2, 0) is 18.4 Å². The highest BCUT2D eigenvalue weighted by atomic mass is 32.2. The number of anilines is 1. The minimum Gasteiger partial charge on any atom is -0.345 e. The normalized spacial score (nSPS) is 11.6. The van der Waals surface area contributed by atoms with Gasteiger partial charge in [0.05, 0.1) is 11.8 Å². The Labute approximate surface area is 197 Å². The largest absolute Gasteiger partial charge is 0.345 e. The van der Waals surface area contributed by atoms with Gasteiger partial charge in [0.2, 0.25) is 5.91 Å². The van der Waals surface area contributed by atoms with E-state index in [1.54, 1.807) is 41.9 Å². The minimum absolute atomic E-state index is 0.0615. The molecule has 2 amide bonds. The molecule has 0 saturated heterocycles. The van der Waals surface area contributed by atoms with Gasteiger partial charge >= 0.3 is 0 Å². The first-order valence-electron chi connectivity index (χ1n) is 10.6. The van der Waals surface area contributed by atoms with Gasteiger partial charge in [0.1, 0.15) is 0 Å². The number of carbonyl (C=O) groups is 3. The van der Waals surface area contributed by atoms with Crippen LogP contribution in [0.3, 0.4) is 0 Å². The van der Waals surface area contributed by atoms with E-state index in [0.717, 1.165) is 5.56 Å². The predicted octanol–water partition coefficient (Wildman–Crippen LogP) is 3.77. The molecule has 0 spiro atoms. The maximum Gasteiger partial charge on any atom is 0.251 e. The highest BCUT2D eigenvalue weighted by Crippen LogP contribution is 2.25. The van der Waals surface area contributed by atoms with E-state index in [1.165, 1.54) is 18.7 Å². The number of hydrogen-bond acceptors (Lipinski definition) is 6. The molecule has 3 aromatic rings. The molecule has 3 rings (SSSR count). The molecule has 0 unspecified atom stereocenters. The maximum absolute atomic E-state index is 12.8. The number of thioether (sulfide) groups is 1. The molecule has 0 bridgehead atoms. The lowest BCUT2D eigenvalue weighted by Gasteiger charge is -2.14. The zero-order chi connectivity index (χ0) is 24.0. The molecule has 0 aliphatic rings. The highest BCUT2D eigenvalue weighted by Gasteiger charge is 2.22. The number of ketones is 1. The summed E-state index contributed by atoms with van der Waals surface area (Å²) in [6.45, 7) is 5.56. The Hall–Kier alpha value is -3.46. The summed E-state index contributed by atoms with van der Waals surface area (Å²) in [5.41, 5.74) is 2.71. The zero-order valence-corrected chi connectivity index (χ0v) is 19.9. The second kappa shape index (κ2) is 10.9. The Morgan fingerprint density at radius 1 is 1.06 bits per heavy atom. The lowest BCUT2D eigenvalue weighted by atomic mass is 10.1. The molecule has 1 atom stereocenters. The Morgan fingerprint density at radius 2 is 1.79 bits per heavy atom. The van der Waals surface area contributed by atoms with Crippen molar-refractivity contribution in [2.75, 3.05) is 5.32 Å². The monoisotopic (exact) mass is 465 g/mol. The van der Waals surface area contributed by atoms with Gasteiger partial charge in [-0.2, -0.15) is 0 Å². The molecular weight excluding hydrogens is 438 g/mol. The summed E-state index contributed by atoms with van der Waals surface area (Å²) in [5.74, 6) is 0.159. The van der Waals surface area contributed by atoms with E-state index in [-0.39, 0.29) is 24.1 Å². The highest BCUT2D eigenvalue weighted by molar-refractivity contribution is 8.00. The molecule has 0 fully saturated rings. The molecule has 0 saturated carbocycles. The topological polar surface area (TPSA) is 106 Å². The summed E-state index contributed by atoms with van der Waals surface area (Å²) in [6, 6.07) is 14.2. The van der Waals surface area contributed by atoms with Crippen molar-refractivity contribution >= 4 is 35.0 Å². The zero-order valence-electron chi connectivity index (χ0n) is 19.1. The smallest absolute Gasteiger partial charge is 0.251 e. The number of rotatable bonds is 9. The van der Waals surface area contributed by atoms with E-state index < -0.39 is 5.25 Å². The van der Waals surface area contributed by atoms with Crippen LogP contribution in [-0.4, -0.2) is 37.6 Å². The van der Waals surface area contributed by atoms with E-state index >= 15 is 0 Å². The average molecular weight is 466 g/mol. The lowest BCUT2D eigenvalue weighted by Crippen LogP contribution is -2.25. The van der Waals surface area contributed by atoms with Crippen molar-refractivity contribution in [3.05, 3.63) is 71.0 Å². The summed E-state index contributed by atoms with van der Waals surface area (Å²) in [7, 11) is 1.80. The fourth-order valence-corrected chi connectivity index (χ4v) is 4.08. The Balaban J connectivity index is 1.62. The Bertz CT molecular complexity index is 1170. The second-order valence-electron chi connectivity index (χ2n) is 7.65. The van der Waals surface area contributed by atoms with Gasteiger partial charge in [-0.15, -0.1) is 10.2 Å². The number of aromatic nitrogens is 3. The number of amides is 2. The van der Waals surface area contributed by atoms with Crippen LogP contribution in [0.2, 0.25) is 0 Å². The number of hydrogen-bond donors (Lipinski definition) is 2. The molecule has 0 radical (unpaired) electrons. The van der Waals surface area contributed by atoms with Crippen molar-refractivity contribution in [3.63, 3.8) is 0 Å². The SMILES string of the molecule is CC[C@H](Sc1nnc(CNC(=O)c2cccc(C)c2)n1C)C(=O)Nc1cccc(C(C)=O)c1. The van der Waals surface area contributed by atoms with Crippen molar-refractivity contribution in [1.29, 1.82) is 0 Å². The van der Waals surface area contributed by atoms with Gasteiger partial charge in [0.15, 0.2) is 16.8 Å². The molecule has 33 heavy (non-hydrogen) atoms. The van der Waals surface area contributed by atoms with Crippen molar-refractivity contribution < 1.29 is 14.4 Å². The molecule has 8 nitrogen and oxygen atoms in total. The van der Waals surface area contributed by atoms with Crippen molar-refractivity contribution in [2.45, 2.75) is 44.1 Å². The van der Waals surface area contributed by atoms with Gasteiger partial charge in [-0.25, -0.2) is 0 Å². The summed E-state index contributed by atoms with van der Waals surface area (Å²) < 4.78 is 1.77. The quantitative estimate of drug-likeness (QED) is 0.368. The minimum atomic E-state index is -0.399. The summed E-state index contributed by atoms with van der Waals surface area (Å²) in [5, 5.41) is 14.3. The number of nitrogens with one attached hydrogen (secondary N) is 2. The van der Waals surface area contributed by atoms with E-state index in [2.05, 4.69) is 20.8 Å². The molecule has 2 aromatic carbocycles. The molecule has 172 valence electrons. The average Bonchev–Trinajstić information content (AvgIpc) is 3.14. The fraction of sp³-hybridized carbons (Fsp3) is 0.292. The third-order valence-electron chi connectivity index (χ3n) is 5.06. The summed E-state index contributed by atoms with van der Waals surface area (Å²) in [6.07, 6.45) is 0.579. The van der Waals surface area contributed by atoms with Crippen LogP contribution in [0.1, 0.15) is 52.4 Å². The van der Waals surface area contributed by atoms with Crippen LogP contribution in [0.15, 0.2) is 53.7 Å². The fourth-order valence-electron chi connectivity index (χ4n) is 3.14. The van der Waals surface area contributed by atoms with Gasteiger partial charge in [-0.1, -0.05) is 48.5 Å². The van der Waals surface area contributed by atoms with E-state index in [0.29, 0.717) is 34.2 Å². The number of benzene rings is 2. The second-order valence-corrected chi connectivity index (χ2v) is 8.82. The number of nitrogens with zero attached hydrogens (tertiary/aromatic N) is 3. The maximum atomic E-state index is 12.8. The van der Waals surface area contributed by atoms with Crippen LogP contribution in [0.5, 0.6) is 0 Å². The molecule has 9 heteroatoms. The predicted molar refractivity (Wildman–Crippen MR) is 128 cm³/mol. The lowest BCUT2D eigenvalue weighted by molar-refractivity contribution is -0.115. The first-order chi connectivity index (χ1) is 15.8. The Morgan fingerprint density at radius 3 is 2.48 bits per heavy atom. The third-order valence-corrected chi connectivity index (χ3v) is 6.46. The van der Waals surface area contributed by atoms with Crippen molar-refractivity contribution in [1.82, 2.24) is 20.1 Å². The van der Waals surface area contributed by atoms with Gasteiger partial charge in [0.25, 0.3) is 5.91 Å². The van der Waals surface area contributed by atoms with Gasteiger partial charge in [-0.05, 0) is 44.5 Å². The Kier molecular flexibility index (Phi) is 8.00. The summed E-state index contributed by atoms with van der Waals surface area (Å²) >= 11 is 1.30. The van der Waals surface area contributed by atoms with Crippen LogP contribution in [0.4, 0.5) is 5.69 Å². The first-order valence-corrected chi connectivity index (χ1v) is 11.5. The standard InChI is InChI=1S/C24H27N5O3S/c1-5-20(23(32)26-19-11-7-9-17(13-19)16(3)30)33-24-28-27-21(29(24)4)14-25-22(31)18-10-6-8-15(2)12-18/h6-13,20H,5,14H2,1-4H3,(H,25,31)(H,26,32)/t20-/m0/s1. The van der Waals surface area contributed by atoms with Crippen molar-refractivity contribution in [2.24, 2.45) is 7.05 Å². The molecule has 0 aliphatic heterocycles. The molecular formula is C24H27N5O3S. The number of aryl methyl sites for hydroxylation is 1. The van der Waals surface area contributed by atoms with Gasteiger partial charge in [-0.3, -0.25) is 14.4 Å². The van der Waals surface area contributed by atoms with Gasteiger partial charge in [0, 0.05) is 23.9 Å². The number of carbonyl (C=O) groups excluding carboxylic acids is 3. The molecule has 0 aliphatic carbocycles.